The topological polar surface area (TPSA) is 74.2 Å². The van der Waals surface area contributed by atoms with Gasteiger partial charge in [-0.3, -0.25) is 0 Å². The van der Waals surface area contributed by atoms with Crippen LogP contribution >= 0.6 is 0 Å². The maximum Gasteiger partial charge on any atom is 0.323 e. The number of rotatable bonds is 3. The lowest BCUT2D eigenvalue weighted by molar-refractivity contribution is 0.262. The van der Waals surface area contributed by atoms with Gasteiger partial charge in [0.15, 0.2) is 0 Å². The predicted molar refractivity (Wildman–Crippen MR) is 81.5 cm³/mol. The maximum absolute atomic E-state index is 12.0. The Balaban J connectivity index is 2.16. The van der Waals surface area contributed by atoms with Crippen LogP contribution in [0.3, 0.4) is 0 Å². The van der Waals surface area contributed by atoms with Crippen molar-refractivity contribution >= 4 is 17.4 Å². The third-order valence-corrected chi connectivity index (χ3v) is 2.90. The molecular weight excluding hydrogens is 266 g/mol. The number of ether oxygens (including phenoxy) is 1. The Labute approximate surface area is 123 Å². The summed E-state index contributed by atoms with van der Waals surface area (Å²) in [6.07, 6.45) is 0. The van der Waals surface area contributed by atoms with Crippen LogP contribution in [0.5, 0.6) is 5.75 Å². The zero-order chi connectivity index (χ0) is 15.2. The quantitative estimate of drug-likeness (QED) is 0.904. The summed E-state index contributed by atoms with van der Waals surface area (Å²) in [4.78, 5) is 12.0. The standard InChI is InChI=1S/C16H15N3O2/c1-11-7-8-15(21-2)14(9-11)19-16(20)18-13-6-4-3-5-12(13)10-17/h3-9H,1-2H3,(H2,18,19,20). The van der Waals surface area contributed by atoms with Crippen LogP contribution in [0.25, 0.3) is 0 Å². The highest BCUT2D eigenvalue weighted by atomic mass is 16.5. The fraction of sp³-hybridized carbons (Fsp3) is 0.125. The minimum atomic E-state index is -0.429. The molecule has 0 heterocycles. The third-order valence-electron chi connectivity index (χ3n) is 2.90. The van der Waals surface area contributed by atoms with Gasteiger partial charge in [0.05, 0.1) is 24.0 Å². The molecular formula is C16H15N3O2. The van der Waals surface area contributed by atoms with Crippen molar-refractivity contribution in [3.63, 3.8) is 0 Å². The van der Waals surface area contributed by atoms with Gasteiger partial charge in [-0.2, -0.15) is 5.26 Å². The second kappa shape index (κ2) is 6.44. The van der Waals surface area contributed by atoms with Crippen LogP contribution in [0.2, 0.25) is 0 Å². The number of nitrogens with zero attached hydrogens (tertiary/aromatic N) is 1. The van der Waals surface area contributed by atoms with E-state index in [1.165, 1.54) is 0 Å². The summed E-state index contributed by atoms with van der Waals surface area (Å²) in [5.41, 5.74) is 2.45. The van der Waals surface area contributed by atoms with Crippen molar-refractivity contribution in [1.82, 2.24) is 0 Å². The largest absolute Gasteiger partial charge is 0.495 e. The van der Waals surface area contributed by atoms with Crippen LogP contribution in [0, 0.1) is 18.3 Å². The molecule has 2 rings (SSSR count). The van der Waals surface area contributed by atoms with Gasteiger partial charge in [-0.1, -0.05) is 18.2 Å². The van der Waals surface area contributed by atoms with Gasteiger partial charge in [0.2, 0.25) is 0 Å². The molecule has 0 aromatic heterocycles. The molecule has 0 spiro atoms. The molecule has 0 bridgehead atoms. The van der Waals surface area contributed by atoms with Crippen LogP contribution in [0.1, 0.15) is 11.1 Å². The molecule has 0 saturated heterocycles. The van der Waals surface area contributed by atoms with Gasteiger partial charge in [0.25, 0.3) is 0 Å². The number of urea groups is 1. The number of aryl methyl sites for hydroxylation is 1. The van der Waals surface area contributed by atoms with E-state index in [1.807, 2.05) is 25.1 Å². The van der Waals surface area contributed by atoms with E-state index in [4.69, 9.17) is 10.00 Å². The van der Waals surface area contributed by atoms with Crippen molar-refractivity contribution in [3.8, 4) is 11.8 Å². The Morgan fingerprint density at radius 1 is 1.14 bits per heavy atom. The van der Waals surface area contributed by atoms with Crippen molar-refractivity contribution in [2.75, 3.05) is 17.7 Å². The van der Waals surface area contributed by atoms with Crippen molar-refractivity contribution in [2.45, 2.75) is 6.92 Å². The number of nitrogens with one attached hydrogen (secondary N) is 2. The lowest BCUT2D eigenvalue weighted by atomic mass is 10.2. The first-order chi connectivity index (χ1) is 10.1. The Kier molecular flexibility index (Phi) is 4.42. The molecule has 106 valence electrons. The maximum atomic E-state index is 12.0. The van der Waals surface area contributed by atoms with E-state index in [-0.39, 0.29) is 0 Å². The highest BCUT2D eigenvalue weighted by Crippen LogP contribution is 2.25. The van der Waals surface area contributed by atoms with E-state index in [9.17, 15) is 4.79 Å². The van der Waals surface area contributed by atoms with Crippen LogP contribution in [-0.4, -0.2) is 13.1 Å². The number of carbonyl (C=O) groups excluding carboxylic acids is 1. The van der Waals surface area contributed by atoms with E-state index in [0.717, 1.165) is 5.56 Å². The molecule has 2 aromatic carbocycles. The number of hydrogen-bond acceptors (Lipinski definition) is 3. The molecule has 2 N–H and O–H groups in total. The number of hydrogen-bond donors (Lipinski definition) is 2. The van der Waals surface area contributed by atoms with Crippen molar-refractivity contribution in [2.24, 2.45) is 0 Å². The van der Waals surface area contributed by atoms with Gasteiger partial charge in [0.1, 0.15) is 11.8 Å². The van der Waals surface area contributed by atoms with Gasteiger partial charge in [-0.25, -0.2) is 4.79 Å². The zero-order valence-corrected chi connectivity index (χ0v) is 11.8. The predicted octanol–water partition coefficient (Wildman–Crippen LogP) is 3.52. The summed E-state index contributed by atoms with van der Waals surface area (Å²) < 4.78 is 5.20. The molecule has 21 heavy (non-hydrogen) atoms. The van der Waals surface area contributed by atoms with Crippen molar-refractivity contribution in [3.05, 3.63) is 53.6 Å². The minimum absolute atomic E-state index is 0.406. The van der Waals surface area contributed by atoms with Crippen molar-refractivity contribution in [1.29, 1.82) is 5.26 Å². The summed E-state index contributed by atoms with van der Waals surface area (Å²) in [7, 11) is 1.54. The first-order valence-electron chi connectivity index (χ1n) is 6.36. The molecule has 5 nitrogen and oxygen atoms in total. The number of anilines is 2. The van der Waals surface area contributed by atoms with Crippen molar-refractivity contribution < 1.29 is 9.53 Å². The molecule has 0 aliphatic carbocycles. The fourth-order valence-electron chi connectivity index (χ4n) is 1.88. The molecule has 0 atom stereocenters. The number of carbonyl (C=O) groups is 1. The normalized spacial score (nSPS) is 9.57. The average molecular weight is 281 g/mol. The molecule has 0 fully saturated rings. The van der Waals surface area contributed by atoms with E-state index in [2.05, 4.69) is 10.6 Å². The highest BCUT2D eigenvalue weighted by Gasteiger charge is 2.09. The Bertz CT molecular complexity index is 705. The molecule has 2 aromatic rings. The summed E-state index contributed by atoms with van der Waals surface area (Å²) in [6, 6.07) is 13.9. The number of benzene rings is 2. The van der Waals surface area contributed by atoms with E-state index in [1.54, 1.807) is 37.4 Å². The third kappa shape index (κ3) is 3.51. The highest BCUT2D eigenvalue weighted by molar-refractivity contribution is 6.01. The van der Waals surface area contributed by atoms with Gasteiger partial charge in [-0.05, 0) is 36.8 Å². The molecule has 0 aliphatic heterocycles. The molecule has 0 unspecified atom stereocenters. The number of methoxy groups -OCH3 is 1. The lowest BCUT2D eigenvalue weighted by Crippen LogP contribution is -2.20. The number of nitriles is 1. The Morgan fingerprint density at radius 3 is 2.57 bits per heavy atom. The molecule has 0 radical (unpaired) electrons. The van der Waals surface area contributed by atoms with Crippen LogP contribution in [0.15, 0.2) is 42.5 Å². The first kappa shape index (κ1) is 14.4. The average Bonchev–Trinajstić information content (AvgIpc) is 2.48. The Hall–Kier alpha value is -3.00. The summed E-state index contributed by atoms with van der Waals surface area (Å²) in [5.74, 6) is 0.573. The lowest BCUT2D eigenvalue weighted by Gasteiger charge is -2.12. The van der Waals surface area contributed by atoms with E-state index >= 15 is 0 Å². The smallest absolute Gasteiger partial charge is 0.323 e. The number of para-hydroxylation sites is 1. The second-order valence-corrected chi connectivity index (χ2v) is 4.44. The minimum Gasteiger partial charge on any atom is -0.495 e. The zero-order valence-electron chi connectivity index (χ0n) is 11.8. The number of amides is 2. The summed E-state index contributed by atoms with van der Waals surface area (Å²) >= 11 is 0. The van der Waals surface area contributed by atoms with Crippen LogP contribution < -0.4 is 15.4 Å². The van der Waals surface area contributed by atoms with Gasteiger partial charge >= 0.3 is 6.03 Å². The summed E-state index contributed by atoms with van der Waals surface area (Å²) in [6.45, 7) is 1.92. The van der Waals surface area contributed by atoms with Gasteiger partial charge in [-0.15, -0.1) is 0 Å². The van der Waals surface area contributed by atoms with Gasteiger partial charge < -0.3 is 15.4 Å². The second-order valence-electron chi connectivity index (χ2n) is 4.44. The molecule has 0 aliphatic rings. The fourth-order valence-corrected chi connectivity index (χ4v) is 1.88. The summed E-state index contributed by atoms with van der Waals surface area (Å²) in [5, 5.41) is 14.4. The van der Waals surface area contributed by atoms with Gasteiger partial charge in [0, 0.05) is 0 Å². The molecule has 0 saturated carbocycles. The monoisotopic (exact) mass is 281 g/mol. The first-order valence-corrected chi connectivity index (χ1v) is 6.36. The Morgan fingerprint density at radius 2 is 1.86 bits per heavy atom. The SMILES string of the molecule is COc1ccc(C)cc1NC(=O)Nc1ccccc1C#N. The molecule has 2 amide bonds. The van der Waals surface area contributed by atoms with Crippen LogP contribution in [-0.2, 0) is 0 Å². The van der Waals surface area contributed by atoms with E-state index in [0.29, 0.717) is 22.7 Å². The van der Waals surface area contributed by atoms with Crippen LogP contribution in [0.4, 0.5) is 16.2 Å². The molecule has 5 heteroatoms. The van der Waals surface area contributed by atoms with E-state index < -0.39 is 6.03 Å².